The number of piperidine rings is 3. The summed E-state index contributed by atoms with van der Waals surface area (Å²) in [4.78, 5) is 21.6. The Morgan fingerprint density at radius 2 is 1.83 bits per heavy atom. The van der Waals surface area contributed by atoms with E-state index in [1.54, 1.807) is 0 Å². The van der Waals surface area contributed by atoms with E-state index in [1.165, 1.54) is 19.3 Å². The van der Waals surface area contributed by atoms with Crippen LogP contribution in [0.4, 0.5) is 0 Å². The van der Waals surface area contributed by atoms with Crippen LogP contribution in [0.15, 0.2) is 66.9 Å². The molecule has 2 bridgehead atoms. The van der Waals surface area contributed by atoms with Crippen LogP contribution in [-0.2, 0) is 14.9 Å². The maximum atomic E-state index is 14.4. The summed E-state index contributed by atoms with van der Waals surface area (Å²) in [6.07, 6.45) is 10.3. The minimum atomic E-state index is -0.546. The molecule has 1 aromatic heterocycles. The van der Waals surface area contributed by atoms with Gasteiger partial charge in [0.2, 0.25) is 0 Å². The average molecular weight is 483 g/mol. The predicted octanol–water partition coefficient (Wildman–Crippen LogP) is 6.84. The summed E-state index contributed by atoms with van der Waals surface area (Å²) in [5, 5.41) is 1.10. The van der Waals surface area contributed by atoms with E-state index < -0.39 is 5.41 Å². The maximum absolute atomic E-state index is 14.4. The highest BCUT2D eigenvalue weighted by Gasteiger charge is 2.48. The molecule has 2 aromatic carbocycles. The molecule has 188 valence electrons. The van der Waals surface area contributed by atoms with Crippen LogP contribution in [0.2, 0.25) is 0 Å². The number of hydrogen-bond acceptors (Lipinski definition) is 4. The molecule has 0 amide bonds. The smallest absolute Gasteiger partial charge is 0.317 e. The first-order chi connectivity index (χ1) is 17.7. The first-order valence-electron chi connectivity index (χ1n) is 14.0. The number of pyridine rings is 1. The van der Waals surface area contributed by atoms with Crippen molar-refractivity contribution in [3.8, 4) is 0 Å². The fourth-order valence-electron chi connectivity index (χ4n) is 7.42. The van der Waals surface area contributed by atoms with Crippen molar-refractivity contribution in [3.63, 3.8) is 0 Å². The summed E-state index contributed by atoms with van der Waals surface area (Å²) in [5.74, 6) is 1.44. The molecule has 4 nitrogen and oxygen atoms in total. The van der Waals surface area contributed by atoms with E-state index in [4.69, 9.17) is 4.74 Å². The third kappa shape index (κ3) is 4.14. The standard InChI is InChI=1S/C32H38N2O2/c1-2-23-22-34-20-16-24(23)21-29(34)30(27-15-19-33-28-14-8-7-13-26(27)28)36-31(35)32(17-9-4-10-18-32)25-11-5-3-6-12-25/h3,5-8,11-15,19,23-24,29-30H,2,4,9-10,16-18,20-22H2,1H3/t23-,24+,29-,30+/m0/s1. The Kier molecular flexibility index (Phi) is 6.55. The third-order valence-corrected chi connectivity index (χ3v) is 9.46. The highest BCUT2D eigenvalue weighted by Crippen LogP contribution is 2.46. The number of aromatic nitrogens is 1. The van der Waals surface area contributed by atoms with E-state index in [-0.39, 0.29) is 18.1 Å². The molecule has 0 radical (unpaired) electrons. The lowest BCUT2D eigenvalue weighted by Gasteiger charge is -2.52. The summed E-state index contributed by atoms with van der Waals surface area (Å²) >= 11 is 0. The SMILES string of the molecule is CC[C@H]1CN2CC[C@@H]1C[C@H]2[C@H](OC(=O)C1(c2ccccc2)CCCCC1)c1ccnc2ccccc12. The van der Waals surface area contributed by atoms with Gasteiger partial charge in [0.05, 0.1) is 17.0 Å². The van der Waals surface area contributed by atoms with E-state index in [0.717, 1.165) is 79.1 Å². The molecule has 4 heteroatoms. The van der Waals surface area contributed by atoms with Gasteiger partial charge in [-0.15, -0.1) is 0 Å². The zero-order valence-corrected chi connectivity index (χ0v) is 21.4. The van der Waals surface area contributed by atoms with Crippen LogP contribution in [0.1, 0.15) is 75.5 Å². The van der Waals surface area contributed by atoms with E-state index in [2.05, 4.69) is 65.3 Å². The highest BCUT2D eigenvalue weighted by molar-refractivity contribution is 5.85. The normalized spacial score (nSPS) is 28.0. The Bertz CT molecular complexity index is 1200. The zero-order chi connectivity index (χ0) is 24.5. The second-order valence-corrected chi connectivity index (χ2v) is 11.3. The largest absolute Gasteiger partial charge is 0.455 e. The van der Waals surface area contributed by atoms with Gasteiger partial charge in [0, 0.05) is 23.7 Å². The van der Waals surface area contributed by atoms with Gasteiger partial charge in [-0.05, 0) is 61.8 Å². The number of nitrogens with zero attached hydrogens (tertiary/aromatic N) is 2. The van der Waals surface area contributed by atoms with Gasteiger partial charge in [0.15, 0.2) is 0 Å². The Morgan fingerprint density at radius 1 is 1.06 bits per heavy atom. The summed E-state index contributed by atoms with van der Waals surface area (Å²) < 4.78 is 6.79. The Labute approximate surface area is 215 Å². The summed E-state index contributed by atoms with van der Waals surface area (Å²) in [7, 11) is 0. The molecule has 1 aliphatic carbocycles. The lowest BCUT2D eigenvalue weighted by Crippen LogP contribution is -2.56. The van der Waals surface area contributed by atoms with Gasteiger partial charge < -0.3 is 4.74 Å². The van der Waals surface area contributed by atoms with Crippen LogP contribution in [0, 0.1) is 11.8 Å². The van der Waals surface area contributed by atoms with Gasteiger partial charge in [-0.1, -0.05) is 81.1 Å². The lowest BCUT2D eigenvalue weighted by atomic mass is 9.69. The van der Waals surface area contributed by atoms with Crippen LogP contribution < -0.4 is 0 Å². The molecule has 3 saturated heterocycles. The topological polar surface area (TPSA) is 42.4 Å². The fourth-order valence-corrected chi connectivity index (χ4v) is 7.42. The van der Waals surface area contributed by atoms with Gasteiger partial charge in [0.1, 0.15) is 6.10 Å². The molecule has 4 aliphatic rings. The number of para-hydroxylation sites is 1. The molecule has 0 spiro atoms. The minimum absolute atomic E-state index is 0.0334. The quantitative estimate of drug-likeness (QED) is 0.361. The van der Waals surface area contributed by atoms with Gasteiger partial charge in [-0.3, -0.25) is 14.7 Å². The highest BCUT2D eigenvalue weighted by atomic mass is 16.5. The van der Waals surface area contributed by atoms with Gasteiger partial charge in [-0.25, -0.2) is 0 Å². The molecule has 36 heavy (non-hydrogen) atoms. The number of esters is 1. The fraction of sp³-hybridized carbons (Fsp3) is 0.500. The average Bonchev–Trinajstić information content (AvgIpc) is 2.96. The van der Waals surface area contributed by atoms with Crippen LogP contribution in [0.25, 0.3) is 10.9 Å². The van der Waals surface area contributed by atoms with Crippen LogP contribution in [0.5, 0.6) is 0 Å². The Hall–Kier alpha value is -2.72. The van der Waals surface area contributed by atoms with Crippen molar-refractivity contribution in [3.05, 3.63) is 78.0 Å². The van der Waals surface area contributed by atoms with Crippen LogP contribution in [-0.4, -0.2) is 35.0 Å². The summed E-state index contributed by atoms with van der Waals surface area (Å²) in [6, 6.07) is 21.0. The number of benzene rings is 2. The van der Waals surface area contributed by atoms with E-state index in [0.29, 0.717) is 0 Å². The van der Waals surface area contributed by atoms with Crippen molar-refractivity contribution in [1.29, 1.82) is 0 Å². The zero-order valence-electron chi connectivity index (χ0n) is 21.4. The number of hydrogen-bond donors (Lipinski definition) is 0. The Morgan fingerprint density at radius 3 is 2.58 bits per heavy atom. The lowest BCUT2D eigenvalue weighted by molar-refractivity contribution is -0.166. The van der Waals surface area contributed by atoms with E-state index >= 15 is 0 Å². The number of rotatable bonds is 6. The van der Waals surface area contributed by atoms with Crippen molar-refractivity contribution in [1.82, 2.24) is 9.88 Å². The molecule has 7 rings (SSSR count). The van der Waals surface area contributed by atoms with Crippen LogP contribution in [0.3, 0.4) is 0 Å². The number of fused-ring (bicyclic) bond motifs is 4. The molecule has 4 fully saturated rings. The van der Waals surface area contributed by atoms with Crippen molar-refractivity contribution in [2.24, 2.45) is 11.8 Å². The molecule has 3 aliphatic heterocycles. The summed E-state index contributed by atoms with van der Waals surface area (Å²) in [6.45, 7) is 4.54. The monoisotopic (exact) mass is 482 g/mol. The molecule has 5 atom stereocenters. The van der Waals surface area contributed by atoms with Crippen molar-refractivity contribution < 1.29 is 9.53 Å². The van der Waals surface area contributed by atoms with Crippen molar-refractivity contribution in [2.75, 3.05) is 13.1 Å². The van der Waals surface area contributed by atoms with Crippen LogP contribution >= 0.6 is 0 Å². The van der Waals surface area contributed by atoms with Gasteiger partial charge in [-0.2, -0.15) is 0 Å². The minimum Gasteiger partial charge on any atom is -0.455 e. The molecular formula is C32H38N2O2. The van der Waals surface area contributed by atoms with Gasteiger partial charge in [0.25, 0.3) is 0 Å². The maximum Gasteiger partial charge on any atom is 0.317 e. The molecule has 3 aromatic rings. The second kappa shape index (κ2) is 9.97. The molecule has 0 N–H and O–H groups in total. The third-order valence-electron chi connectivity index (χ3n) is 9.46. The second-order valence-electron chi connectivity index (χ2n) is 11.3. The molecule has 1 unspecified atom stereocenters. The van der Waals surface area contributed by atoms with E-state index in [9.17, 15) is 4.79 Å². The molecule has 1 saturated carbocycles. The number of carbonyl (C=O) groups excluding carboxylic acids is 1. The number of ether oxygens (including phenoxy) is 1. The van der Waals surface area contributed by atoms with Crippen molar-refractivity contribution >= 4 is 16.9 Å². The van der Waals surface area contributed by atoms with Gasteiger partial charge >= 0.3 is 5.97 Å². The molecule has 4 heterocycles. The summed E-state index contributed by atoms with van der Waals surface area (Å²) in [5.41, 5.74) is 2.65. The Balaban J connectivity index is 1.40. The van der Waals surface area contributed by atoms with E-state index in [1.807, 2.05) is 18.3 Å². The first kappa shape index (κ1) is 23.7. The molecular weight excluding hydrogens is 444 g/mol. The first-order valence-corrected chi connectivity index (χ1v) is 14.0. The van der Waals surface area contributed by atoms with Crippen molar-refractivity contribution in [2.45, 2.75) is 75.9 Å². The predicted molar refractivity (Wildman–Crippen MR) is 144 cm³/mol. The number of carbonyl (C=O) groups is 1.